The zero-order valence-corrected chi connectivity index (χ0v) is 13.5. The van der Waals surface area contributed by atoms with Gasteiger partial charge in [0.1, 0.15) is 0 Å². The molecule has 0 spiro atoms. The summed E-state index contributed by atoms with van der Waals surface area (Å²) in [6.45, 7) is 2.12. The minimum atomic E-state index is 0.396. The molecule has 1 unspecified atom stereocenters. The van der Waals surface area contributed by atoms with Gasteiger partial charge in [0.2, 0.25) is 0 Å². The second-order valence-corrected chi connectivity index (χ2v) is 6.36. The molecular formula is C17H20ClNS. The Morgan fingerprint density at radius 3 is 2.30 bits per heavy atom. The van der Waals surface area contributed by atoms with Crippen LogP contribution in [0.25, 0.3) is 0 Å². The van der Waals surface area contributed by atoms with Crippen molar-refractivity contribution in [2.75, 3.05) is 12.8 Å². The van der Waals surface area contributed by atoms with Crippen LogP contribution in [0.2, 0.25) is 5.02 Å². The second kappa shape index (κ2) is 7.72. The molecular weight excluding hydrogens is 286 g/mol. The molecule has 0 aromatic heterocycles. The Morgan fingerprint density at radius 2 is 1.70 bits per heavy atom. The van der Waals surface area contributed by atoms with Crippen molar-refractivity contribution in [3.63, 3.8) is 0 Å². The summed E-state index contributed by atoms with van der Waals surface area (Å²) >= 11 is 7.83. The molecule has 2 aromatic rings. The first-order valence-corrected chi connectivity index (χ1v) is 8.28. The maximum atomic E-state index is 5.89. The summed E-state index contributed by atoms with van der Waals surface area (Å²) in [6.07, 6.45) is 0. The molecule has 0 radical (unpaired) electrons. The molecule has 2 aromatic carbocycles. The third-order valence-corrected chi connectivity index (χ3v) is 4.65. The summed E-state index contributed by atoms with van der Waals surface area (Å²) in [4.78, 5) is 0. The Morgan fingerprint density at radius 1 is 1.05 bits per heavy atom. The molecule has 0 saturated heterocycles. The third-order valence-electron chi connectivity index (χ3n) is 3.29. The van der Waals surface area contributed by atoms with Crippen molar-refractivity contribution in [1.29, 1.82) is 0 Å². The van der Waals surface area contributed by atoms with Gasteiger partial charge in [-0.25, -0.2) is 0 Å². The summed E-state index contributed by atoms with van der Waals surface area (Å²) in [6, 6.07) is 17.2. The van der Waals surface area contributed by atoms with Gasteiger partial charge in [0.05, 0.1) is 0 Å². The van der Waals surface area contributed by atoms with E-state index in [0.717, 1.165) is 16.5 Å². The van der Waals surface area contributed by atoms with E-state index in [1.807, 2.05) is 30.9 Å². The number of halogens is 1. The van der Waals surface area contributed by atoms with E-state index in [1.54, 1.807) is 0 Å². The van der Waals surface area contributed by atoms with Crippen LogP contribution in [0.3, 0.4) is 0 Å². The zero-order chi connectivity index (χ0) is 14.4. The molecule has 0 heterocycles. The van der Waals surface area contributed by atoms with E-state index in [9.17, 15) is 0 Å². The monoisotopic (exact) mass is 305 g/mol. The Bertz CT molecular complexity index is 522. The van der Waals surface area contributed by atoms with Gasteiger partial charge in [0.25, 0.3) is 0 Å². The summed E-state index contributed by atoms with van der Waals surface area (Å²) in [5, 5.41) is 4.19. The molecule has 0 bridgehead atoms. The van der Waals surface area contributed by atoms with Gasteiger partial charge in [0.15, 0.2) is 0 Å². The maximum Gasteiger partial charge on any atom is 0.0409 e. The van der Waals surface area contributed by atoms with Crippen molar-refractivity contribution in [2.24, 2.45) is 0 Å². The van der Waals surface area contributed by atoms with E-state index >= 15 is 0 Å². The van der Waals surface area contributed by atoms with Gasteiger partial charge in [-0.3, -0.25) is 0 Å². The Kier molecular flexibility index (Phi) is 5.96. The fourth-order valence-electron chi connectivity index (χ4n) is 2.02. The lowest BCUT2D eigenvalue weighted by molar-refractivity contribution is 0.661. The standard InChI is InChI=1S/C17H20ClNS/c1-13-3-7-15(8-4-13)17(19-2)12-20-11-14-5-9-16(18)10-6-14/h3-10,17,19H,11-12H2,1-2H3. The molecule has 2 rings (SSSR count). The number of rotatable bonds is 6. The van der Waals surface area contributed by atoms with E-state index < -0.39 is 0 Å². The molecule has 1 nitrogen and oxygen atoms in total. The summed E-state index contributed by atoms with van der Waals surface area (Å²) < 4.78 is 0. The first kappa shape index (κ1) is 15.4. The largest absolute Gasteiger partial charge is 0.312 e. The van der Waals surface area contributed by atoms with Crippen molar-refractivity contribution in [1.82, 2.24) is 5.32 Å². The van der Waals surface area contributed by atoms with E-state index in [0.29, 0.717) is 6.04 Å². The Labute approximate surface area is 130 Å². The molecule has 0 aliphatic carbocycles. The van der Waals surface area contributed by atoms with Crippen LogP contribution in [0, 0.1) is 6.92 Å². The molecule has 1 atom stereocenters. The minimum Gasteiger partial charge on any atom is -0.312 e. The lowest BCUT2D eigenvalue weighted by Crippen LogP contribution is -2.18. The van der Waals surface area contributed by atoms with Crippen molar-refractivity contribution >= 4 is 23.4 Å². The van der Waals surface area contributed by atoms with Crippen LogP contribution in [0.5, 0.6) is 0 Å². The lowest BCUT2D eigenvalue weighted by atomic mass is 10.1. The number of aryl methyl sites for hydroxylation is 1. The number of benzene rings is 2. The summed E-state index contributed by atoms with van der Waals surface area (Å²) in [7, 11) is 2.02. The topological polar surface area (TPSA) is 12.0 Å². The van der Waals surface area contributed by atoms with Crippen molar-refractivity contribution in [3.8, 4) is 0 Å². The average molecular weight is 306 g/mol. The lowest BCUT2D eigenvalue weighted by Gasteiger charge is -2.16. The maximum absolute atomic E-state index is 5.89. The minimum absolute atomic E-state index is 0.396. The Hall–Kier alpha value is -0.960. The van der Waals surface area contributed by atoms with Crippen LogP contribution >= 0.6 is 23.4 Å². The predicted molar refractivity (Wildman–Crippen MR) is 90.6 cm³/mol. The predicted octanol–water partition coefficient (Wildman–Crippen LogP) is 4.84. The molecule has 0 amide bonds. The second-order valence-electron chi connectivity index (χ2n) is 4.89. The van der Waals surface area contributed by atoms with E-state index in [1.165, 1.54) is 16.7 Å². The van der Waals surface area contributed by atoms with Gasteiger partial charge >= 0.3 is 0 Å². The number of hydrogen-bond donors (Lipinski definition) is 1. The molecule has 1 N–H and O–H groups in total. The SMILES string of the molecule is CNC(CSCc1ccc(Cl)cc1)c1ccc(C)cc1. The van der Waals surface area contributed by atoms with Gasteiger partial charge < -0.3 is 5.32 Å². The van der Waals surface area contributed by atoms with E-state index in [4.69, 9.17) is 11.6 Å². The fraction of sp³-hybridized carbons (Fsp3) is 0.294. The molecule has 3 heteroatoms. The summed E-state index contributed by atoms with van der Waals surface area (Å²) in [5.41, 5.74) is 3.97. The van der Waals surface area contributed by atoms with Gasteiger partial charge in [-0.15, -0.1) is 0 Å². The highest BCUT2D eigenvalue weighted by atomic mass is 35.5. The van der Waals surface area contributed by atoms with Crippen molar-refractivity contribution < 1.29 is 0 Å². The normalized spacial score (nSPS) is 12.3. The zero-order valence-electron chi connectivity index (χ0n) is 11.9. The van der Waals surface area contributed by atoms with Crippen LogP contribution < -0.4 is 5.32 Å². The van der Waals surface area contributed by atoms with Crippen LogP contribution in [-0.4, -0.2) is 12.8 Å². The van der Waals surface area contributed by atoms with Gasteiger partial charge in [-0.05, 0) is 37.2 Å². The molecule has 0 aliphatic heterocycles. The van der Waals surface area contributed by atoms with E-state index in [-0.39, 0.29) is 0 Å². The van der Waals surface area contributed by atoms with E-state index in [2.05, 4.69) is 48.6 Å². The van der Waals surface area contributed by atoms with Crippen molar-refractivity contribution in [3.05, 3.63) is 70.2 Å². The molecule has 0 fully saturated rings. The highest BCUT2D eigenvalue weighted by Gasteiger charge is 2.08. The van der Waals surface area contributed by atoms with Crippen LogP contribution in [-0.2, 0) is 5.75 Å². The summed E-state index contributed by atoms with van der Waals surface area (Å²) in [5.74, 6) is 2.07. The molecule has 0 aliphatic rings. The average Bonchev–Trinajstić information content (AvgIpc) is 2.47. The number of nitrogens with one attached hydrogen (secondary N) is 1. The van der Waals surface area contributed by atoms with Gasteiger partial charge in [0, 0.05) is 22.6 Å². The fourth-order valence-corrected chi connectivity index (χ4v) is 3.29. The van der Waals surface area contributed by atoms with Gasteiger partial charge in [-0.2, -0.15) is 11.8 Å². The smallest absolute Gasteiger partial charge is 0.0409 e. The van der Waals surface area contributed by atoms with Crippen LogP contribution in [0.4, 0.5) is 0 Å². The highest BCUT2D eigenvalue weighted by Crippen LogP contribution is 2.22. The molecule has 106 valence electrons. The number of thioether (sulfide) groups is 1. The van der Waals surface area contributed by atoms with Crippen molar-refractivity contribution in [2.45, 2.75) is 18.7 Å². The quantitative estimate of drug-likeness (QED) is 0.819. The number of hydrogen-bond acceptors (Lipinski definition) is 2. The molecule has 20 heavy (non-hydrogen) atoms. The third kappa shape index (κ3) is 4.55. The van der Waals surface area contributed by atoms with Crippen LogP contribution in [0.15, 0.2) is 48.5 Å². The first-order chi connectivity index (χ1) is 9.69. The Balaban J connectivity index is 1.87. The molecule has 0 saturated carbocycles. The first-order valence-electron chi connectivity index (χ1n) is 6.75. The van der Waals surface area contributed by atoms with Crippen LogP contribution in [0.1, 0.15) is 22.7 Å². The highest BCUT2D eigenvalue weighted by molar-refractivity contribution is 7.98. The van der Waals surface area contributed by atoms with Gasteiger partial charge in [-0.1, -0.05) is 53.6 Å².